The standard InChI is InChI=1S/C3F3N5/c4-3(5,6)11-2(1-7)8-9-10-11. The highest BCUT2D eigenvalue weighted by atomic mass is 19.4. The van der Waals surface area contributed by atoms with Crippen LogP contribution in [0.5, 0.6) is 0 Å². The van der Waals surface area contributed by atoms with Gasteiger partial charge in [-0.25, -0.2) is 0 Å². The summed E-state index contributed by atoms with van der Waals surface area (Å²) in [5, 5.41) is 16.1. The Balaban J connectivity index is 3.15. The molecule has 0 spiro atoms. The molecule has 0 radical (unpaired) electrons. The molecule has 1 rings (SSSR count). The Hall–Kier alpha value is -1.65. The molecule has 1 aromatic heterocycles. The molecule has 1 heterocycles. The van der Waals surface area contributed by atoms with E-state index in [4.69, 9.17) is 5.26 Å². The number of aromatic nitrogens is 4. The molecule has 0 amide bonds. The molecule has 11 heavy (non-hydrogen) atoms. The van der Waals surface area contributed by atoms with Crippen molar-refractivity contribution in [3.63, 3.8) is 0 Å². The summed E-state index contributed by atoms with van der Waals surface area (Å²) < 4.78 is 34.7. The molecule has 0 aromatic carbocycles. The average molecular weight is 163 g/mol. The number of nitrogens with zero attached hydrogens (tertiary/aromatic N) is 5. The van der Waals surface area contributed by atoms with Crippen LogP contribution in [-0.4, -0.2) is 20.2 Å². The van der Waals surface area contributed by atoms with Crippen molar-refractivity contribution in [3.8, 4) is 6.07 Å². The van der Waals surface area contributed by atoms with Crippen LogP contribution in [-0.2, 0) is 6.30 Å². The quantitative estimate of drug-likeness (QED) is 0.540. The minimum Gasteiger partial charge on any atom is -0.189 e. The average Bonchev–Trinajstić information content (AvgIpc) is 2.31. The van der Waals surface area contributed by atoms with Gasteiger partial charge in [-0.05, 0) is 10.4 Å². The molecule has 8 heteroatoms. The highest BCUT2D eigenvalue weighted by Crippen LogP contribution is 2.20. The van der Waals surface area contributed by atoms with Crippen molar-refractivity contribution in [2.24, 2.45) is 0 Å². The van der Waals surface area contributed by atoms with Gasteiger partial charge in [0.15, 0.2) is 0 Å². The molecule has 0 unspecified atom stereocenters. The first kappa shape index (κ1) is 7.46. The molecular weight excluding hydrogens is 163 g/mol. The topological polar surface area (TPSA) is 67.4 Å². The van der Waals surface area contributed by atoms with E-state index >= 15 is 0 Å². The number of hydrogen-bond donors (Lipinski definition) is 0. The normalized spacial score (nSPS) is 11.1. The molecule has 58 valence electrons. The maximum Gasteiger partial charge on any atom is 0.508 e. The first-order valence-electron chi connectivity index (χ1n) is 2.31. The van der Waals surface area contributed by atoms with Crippen LogP contribution in [0.25, 0.3) is 0 Å². The van der Waals surface area contributed by atoms with E-state index in [1.807, 2.05) is 0 Å². The lowest BCUT2D eigenvalue weighted by molar-refractivity contribution is -0.213. The lowest BCUT2D eigenvalue weighted by atomic mass is 10.7. The number of nitriles is 1. The molecule has 0 bridgehead atoms. The Bertz CT molecular complexity index is 293. The van der Waals surface area contributed by atoms with E-state index in [-0.39, 0.29) is 0 Å². The van der Waals surface area contributed by atoms with Crippen LogP contribution in [0.15, 0.2) is 0 Å². The molecule has 0 saturated heterocycles. The van der Waals surface area contributed by atoms with Gasteiger partial charge in [0.05, 0.1) is 0 Å². The second-order valence-corrected chi connectivity index (χ2v) is 1.49. The number of alkyl halides is 3. The predicted molar refractivity (Wildman–Crippen MR) is 23.8 cm³/mol. The lowest BCUT2D eigenvalue weighted by Crippen LogP contribution is -2.20. The van der Waals surface area contributed by atoms with Crippen molar-refractivity contribution >= 4 is 0 Å². The largest absolute Gasteiger partial charge is 0.508 e. The zero-order valence-corrected chi connectivity index (χ0v) is 4.87. The van der Waals surface area contributed by atoms with Crippen molar-refractivity contribution in [1.82, 2.24) is 20.2 Å². The van der Waals surface area contributed by atoms with E-state index in [1.54, 1.807) is 0 Å². The van der Waals surface area contributed by atoms with Crippen LogP contribution < -0.4 is 0 Å². The smallest absolute Gasteiger partial charge is 0.189 e. The van der Waals surface area contributed by atoms with Crippen molar-refractivity contribution in [1.29, 1.82) is 5.26 Å². The summed E-state index contributed by atoms with van der Waals surface area (Å²) in [6.07, 6.45) is -4.73. The first-order valence-corrected chi connectivity index (χ1v) is 2.31. The maximum atomic E-state index is 11.7. The predicted octanol–water partition coefficient (Wildman–Crippen LogP) is 0.0211. The fourth-order valence-corrected chi connectivity index (χ4v) is 0.428. The molecule has 0 fully saturated rings. The molecule has 0 aliphatic carbocycles. The fourth-order valence-electron chi connectivity index (χ4n) is 0.428. The van der Waals surface area contributed by atoms with Crippen LogP contribution in [0, 0.1) is 11.3 Å². The monoisotopic (exact) mass is 163 g/mol. The Kier molecular flexibility index (Phi) is 1.48. The van der Waals surface area contributed by atoms with Crippen molar-refractivity contribution in [2.45, 2.75) is 6.30 Å². The third-order valence-corrected chi connectivity index (χ3v) is 0.810. The summed E-state index contributed by atoms with van der Waals surface area (Å²) in [5.74, 6) is -0.877. The molecule has 0 atom stereocenters. The van der Waals surface area contributed by atoms with E-state index in [0.717, 1.165) is 0 Å². The van der Waals surface area contributed by atoms with Gasteiger partial charge in [-0.2, -0.15) is 5.26 Å². The van der Waals surface area contributed by atoms with E-state index in [2.05, 4.69) is 15.5 Å². The van der Waals surface area contributed by atoms with Crippen LogP contribution in [0.4, 0.5) is 13.2 Å². The van der Waals surface area contributed by atoms with Gasteiger partial charge in [-0.3, -0.25) is 0 Å². The maximum absolute atomic E-state index is 11.7. The Morgan fingerprint density at radius 3 is 2.45 bits per heavy atom. The minimum absolute atomic E-state index is 0.507. The molecule has 0 saturated carbocycles. The summed E-state index contributed by atoms with van der Waals surface area (Å²) in [6.45, 7) is 0. The third kappa shape index (κ3) is 1.26. The molecule has 5 nitrogen and oxygen atoms in total. The highest BCUT2D eigenvalue weighted by molar-refractivity contribution is 5.06. The molecule has 1 aromatic rings. The van der Waals surface area contributed by atoms with Gasteiger partial charge in [0.1, 0.15) is 6.07 Å². The molecular formula is C3F3N5. The van der Waals surface area contributed by atoms with Crippen LogP contribution >= 0.6 is 0 Å². The molecule has 0 aliphatic heterocycles. The molecule has 0 aliphatic rings. The van der Waals surface area contributed by atoms with Crippen molar-refractivity contribution < 1.29 is 13.2 Å². The van der Waals surface area contributed by atoms with Gasteiger partial charge < -0.3 is 0 Å². The second kappa shape index (κ2) is 2.19. The number of hydrogen-bond acceptors (Lipinski definition) is 4. The van der Waals surface area contributed by atoms with Gasteiger partial charge in [0.25, 0.3) is 5.82 Å². The Morgan fingerprint density at radius 2 is 2.09 bits per heavy atom. The summed E-state index contributed by atoms with van der Waals surface area (Å²) >= 11 is 0. The van der Waals surface area contributed by atoms with E-state index in [1.165, 1.54) is 6.07 Å². The SMILES string of the molecule is N#Cc1nnnn1C(F)(F)F. The lowest BCUT2D eigenvalue weighted by Gasteiger charge is -2.02. The number of halogens is 3. The van der Waals surface area contributed by atoms with Gasteiger partial charge in [0.2, 0.25) is 0 Å². The van der Waals surface area contributed by atoms with E-state index < -0.39 is 16.8 Å². The first-order chi connectivity index (χ1) is 5.05. The Morgan fingerprint density at radius 1 is 1.45 bits per heavy atom. The zero-order chi connectivity index (χ0) is 8.48. The summed E-state index contributed by atoms with van der Waals surface area (Å²) in [6, 6.07) is 1.19. The minimum atomic E-state index is -4.73. The third-order valence-electron chi connectivity index (χ3n) is 0.810. The van der Waals surface area contributed by atoms with E-state index in [0.29, 0.717) is 0 Å². The van der Waals surface area contributed by atoms with Crippen molar-refractivity contribution in [2.75, 3.05) is 0 Å². The second-order valence-electron chi connectivity index (χ2n) is 1.49. The fraction of sp³-hybridized carbons (Fsp3) is 0.333. The van der Waals surface area contributed by atoms with Crippen LogP contribution in [0.2, 0.25) is 0 Å². The summed E-state index contributed by atoms with van der Waals surface area (Å²) in [5.41, 5.74) is 0. The van der Waals surface area contributed by atoms with Gasteiger partial charge in [-0.1, -0.05) is 5.10 Å². The summed E-state index contributed by atoms with van der Waals surface area (Å²) in [7, 11) is 0. The molecule has 0 N–H and O–H groups in total. The van der Waals surface area contributed by atoms with Crippen LogP contribution in [0.1, 0.15) is 5.82 Å². The van der Waals surface area contributed by atoms with Gasteiger partial charge in [0, 0.05) is 0 Å². The van der Waals surface area contributed by atoms with Crippen molar-refractivity contribution in [3.05, 3.63) is 5.82 Å². The summed E-state index contributed by atoms with van der Waals surface area (Å²) in [4.78, 5) is 0. The Labute approximate surface area is 58.0 Å². The number of rotatable bonds is 0. The van der Waals surface area contributed by atoms with E-state index in [9.17, 15) is 13.2 Å². The van der Waals surface area contributed by atoms with Crippen LogP contribution in [0.3, 0.4) is 0 Å². The van der Waals surface area contributed by atoms with Gasteiger partial charge >= 0.3 is 6.30 Å². The zero-order valence-electron chi connectivity index (χ0n) is 4.87. The van der Waals surface area contributed by atoms with Gasteiger partial charge in [-0.15, -0.1) is 17.9 Å². The highest BCUT2D eigenvalue weighted by Gasteiger charge is 2.35. The number of tetrazole rings is 1.